The molecule has 17 heavy (non-hydrogen) atoms. The molecule has 0 radical (unpaired) electrons. The topological polar surface area (TPSA) is 105 Å². The number of thioether (sulfide) groups is 1. The maximum atomic E-state index is 10.9. The molecule has 0 bridgehead atoms. The van der Waals surface area contributed by atoms with Crippen LogP contribution in [0.1, 0.15) is 6.92 Å². The number of aromatic nitrogens is 1. The maximum Gasteiger partial charge on any atom is 0.327 e. The first-order valence-corrected chi connectivity index (χ1v) is 5.82. The van der Waals surface area contributed by atoms with E-state index in [1.165, 1.54) is 18.7 Å². The van der Waals surface area contributed by atoms with Crippen LogP contribution < -0.4 is 11.1 Å². The minimum atomic E-state index is -1.08. The van der Waals surface area contributed by atoms with Gasteiger partial charge < -0.3 is 16.2 Å². The molecule has 0 aliphatic heterocycles. The van der Waals surface area contributed by atoms with Gasteiger partial charge >= 0.3 is 5.97 Å². The quantitative estimate of drug-likeness (QED) is 0.655. The Morgan fingerprint density at radius 2 is 2.35 bits per heavy atom. The van der Waals surface area contributed by atoms with Crippen molar-refractivity contribution >= 4 is 29.3 Å². The molecule has 0 spiro atoms. The van der Waals surface area contributed by atoms with Crippen molar-refractivity contribution in [1.29, 1.82) is 0 Å². The van der Waals surface area contributed by atoms with Crippen molar-refractivity contribution in [2.45, 2.75) is 18.0 Å². The molecule has 7 heteroatoms. The zero-order valence-corrected chi connectivity index (χ0v) is 10.0. The molecule has 1 unspecified atom stereocenters. The first-order valence-electron chi connectivity index (χ1n) is 4.84. The van der Waals surface area contributed by atoms with Crippen molar-refractivity contribution in [1.82, 2.24) is 10.3 Å². The molecule has 92 valence electrons. The molecular weight excluding hydrogens is 242 g/mol. The first kappa shape index (κ1) is 13.3. The van der Waals surface area contributed by atoms with Gasteiger partial charge in [-0.3, -0.25) is 4.79 Å². The van der Waals surface area contributed by atoms with Gasteiger partial charge in [0, 0.05) is 18.9 Å². The SMILES string of the molecule is CC(=O)NC(CSc1ncccc1N)C(=O)O. The summed E-state index contributed by atoms with van der Waals surface area (Å²) in [4.78, 5) is 25.7. The lowest BCUT2D eigenvalue weighted by Gasteiger charge is -2.12. The predicted molar refractivity (Wildman–Crippen MR) is 64.6 cm³/mol. The van der Waals surface area contributed by atoms with E-state index in [9.17, 15) is 9.59 Å². The second-order valence-electron chi connectivity index (χ2n) is 3.30. The molecule has 0 fully saturated rings. The van der Waals surface area contributed by atoms with E-state index >= 15 is 0 Å². The molecular formula is C10H13N3O3S. The van der Waals surface area contributed by atoms with Crippen LogP contribution in [0, 0.1) is 0 Å². The van der Waals surface area contributed by atoms with Gasteiger partial charge in [0.1, 0.15) is 11.1 Å². The molecule has 0 aliphatic carbocycles. The van der Waals surface area contributed by atoms with Crippen LogP contribution in [-0.2, 0) is 9.59 Å². The zero-order valence-electron chi connectivity index (χ0n) is 9.21. The van der Waals surface area contributed by atoms with Crippen molar-refractivity contribution in [2.24, 2.45) is 0 Å². The van der Waals surface area contributed by atoms with Gasteiger partial charge in [-0.2, -0.15) is 0 Å². The van der Waals surface area contributed by atoms with Gasteiger partial charge in [0.25, 0.3) is 0 Å². The van der Waals surface area contributed by atoms with Crippen molar-refractivity contribution < 1.29 is 14.7 Å². The summed E-state index contributed by atoms with van der Waals surface area (Å²) in [6.45, 7) is 1.27. The minimum absolute atomic E-state index is 0.177. The number of carbonyl (C=O) groups excluding carboxylic acids is 1. The number of nitrogens with two attached hydrogens (primary N) is 1. The van der Waals surface area contributed by atoms with Crippen molar-refractivity contribution in [2.75, 3.05) is 11.5 Å². The van der Waals surface area contributed by atoms with Crippen molar-refractivity contribution in [3.63, 3.8) is 0 Å². The number of rotatable bonds is 5. The Morgan fingerprint density at radius 1 is 1.65 bits per heavy atom. The Labute approximate surface area is 103 Å². The molecule has 1 atom stereocenters. The fourth-order valence-corrected chi connectivity index (χ4v) is 2.03. The third kappa shape index (κ3) is 4.31. The average molecular weight is 255 g/mol. The Balaban J connectivity index is 2.61. The van der Waals surface area contributed by atoms with E-state index in [1.54, 1.807) is 18.3 Å². The Morgan fingerprint density at radius 3 is 2.88 bits per heavy atom. The molecule has 1 aromatic heterocycles. The molecule has 1 aromatic rings. The van der Waals surface area contributed by atoms with Crippen LogP contribution in [0.3, 0.4) is 0 Å². The Hall–Kier alpha value is -1.76. The smallest absolute Gasteiger partial charge is 0.327 e. The molecule has 1 amide bonds. The highest BCUT2D eigenvalue weighted by Gasteiger charge is 2.19. The Kier molecular flexibility index (Phi) is 4.77. The summed E-state index contributed by atoms with van der Waals surface area (Å²) in [5.41, 5.74) is 6.16. The lowest BCUT2D eigenvalue weighted by Crippen LogP contribution is -2.41. The normalized spacial score (nSPS) is 11.8. The maximum absolute atomic E-state index is 10.9. The highest BCUT2D eigenvalue weighted by molar-refractivity contribution is 7.99. The monoisotopic (exact) mass is 255 g/mol. The number of amides is 1. The summed E-state index contributed by atoms with van der Waals surface area (Å²) in [7, 11) is 0. The van der Waals surface area contributed by atoms with Crippen LogP contribution in [0.15, 0.2) is 23.4 Å². The van der Waals surface area contributed by atoms with Gasteiger partial charge in [0.15, 0.2) is 0 Å². The van der Waals surface area contributed by atoms with Gasteiger partial charge in [0.05, 0.1) is 5.69 Å². The van der Waals surface area contributed by atoms with Crippen LogP contribution in [0.4, 0.5) is 5.69 Å². The largest absolute Gasteiger partial charge is 0.480 e. The van der Waals surface area contributed by atoms with Crippen LogP contribution in [-0.4, -0.2) is 33.8 Å². The van der Waals surface area contributed by atoms with E-state index in [-0.39, 0.29) is 11.7 Å². The second-order valence-corrected chi connectivity index (χ2v) is 4.31. The summed E-state index contributed by atoms with van der Waals surface area (Å²) in [5, 5.41) is 11.8. The molecule has 1 rings (SSSR count). The average Bonchev–Trinajstić information content (AvgIpc) is 2.25. The van der Waals surface area contributed by atoms with E-state index < -0.39 is 12.0 Å². The van der Waals surface area contributed by atoms with Crippen LogP contribution >= 0.6 is 11.8 Å². The third-order valence-corrected chi connectivity index (χ3v) is 2.98. The summed E-state index contributed by atoms with van der Waals surface area (Å²) in [6, 6.07) is 2.43. The van der Waals surface area contributed by atoms with Gasteiger partial charge in [-0.1, -0.05) is 0 Å². The lowest BCUT2D eigenvalue weighted by molar-refractivity contribution is -0.140. The van der Waals surface area contributed by atoms with E-state index in [4.69, 9.17) is 10.8 Å². The highest BCUT2D eigenvalue weighted by atomic mass is 32.2. The van der Waals surface area contributed by atoms with Gasteiger partial charge in [-0.15, -0.1) is 11.8 Å². The molecule has 6 nitrogen and oxygen atoms in total. The van der Waals surface area contributed by atoms with Crippen molar-refractivity contribution in [3.05, 3.63) is 18.3 Å². The predicted octanol–water partition coefficient (Wildman–Crippen LogP) is 0.345. The molecule has 0 aliphatic rings. The number of hydrogen-bond donors (Lipinski definition) is 3. The van der Waals surface area contributed by atoms with Crippen LogP contribution in [0.25, 0.3) is 0 Å². The number of carboxylic acids is 1. The number of aliphatic carboxylic acids is 1. The minimum Gasteiger partial charge on any atom is -0.480 e. The number of anilines is 1. The second kappa shape index (κ2) is 6.09. The van der Waals surface area contributed by atoms with E-state index in [0.717, 1.165) is 0 Å². The van der Waals surface area contributed by atoms with Crippen LogP contribution in [0.2, 0.25) is 0 Å². The summed E-state index contributed by atoms with van der Waals surface area (Å²) < 4.78 is 0. The highest BCUT2D eigenvalue weighted by Crippen LogP contribution is 2.22. The van der Waals surface area contributed by atoms with Crippen molar-refractivity contribution in [3.8, 4) is 0 Å². The van der Waals surface area contributed by atoms with E-state index in [1.807, 2.05) is 0 Å². The summed E-state index contributed by atoms with van der Waals surface area (Å²) >= 11 is 1.19. The summed E-state index contributed by atoms with van der Waals surface area (Å²) in [6.07, 6.45) is 1.58. The Bertz CT molecular complexity index is 425. The number of nitrogens with one attached hydrogen (secondary N) is 1. The van der Waals surface area contributed by atoms with Gasteiger partial charge in [-0.05, 0) is 12.1 Å². The zero-order chi connectivity index (χ0) is 12.8. The fourth-order valence-electron chi connectivity index (χ4n) is 1.11. The molecule has 4 N–H and O–H groups in total. The van der Waals surface area contributed by atoms with Crippen LogP contribution in [0.5, 0.6) is 0 Å². The van der Waals surface area contributed by atoms with E-state index in [2.05, 4.69) is 10.3 Å². The summed E-state index contributed by atoms with van der Waals surface area (Å²) in [5.74, 6) is -1.29. The molecule has 1 heterocycles. The first-order chi connectivity index (χ1) is 8.00. The van der Waals surface area contributed by atoms with Gasteiger partial charge in [-0.25, -0.2) is 9.78 Å². The fraction of sp³-hybridized carbons (Fsp3) is 0.300. The van der Waals surface area contributed by atoms with E-state index in [0.29, 0.717) is 10.7 Å². The number of hydrogen-bond acceptors (Lipinski definition) is 5. The number of pyridine rings is 1. The molecule has 0 saturated heterocycles. The molecule has 0 aromatic carbocycles. The number of nitrogen functional groups attached to an aromatic ring is 1. The van der Waals surface area contributed by atoms with Gasteiger partial charge in [0.2, 0.25) is 5.91 Å². The number of carboxylic acid groups (broad SMARTS) is 1. The third-order valence-electron chi connectivity index (χ3n) is 1.86. The number of carbonyl (C=O) groups is 2. The standard InChI is InChI=1S/C10H13N3O3S/c1-6(14)13-8(10(15)16)5-17-9-7(11)3-2-4-12-9/h2-4,8H,5,11H2,1H3,(H,13,14)(H,15,16). The molecule has 0 saturated carbocycles. The number of nitrogens with zero attached hydrogens (tertiary/aromatic N) is 1. The lowest BCUT2D eigenvalue weighted by atomic mass is 10.3.